The number of aromatic nitrogens is 3. The Morgan fingerprint density at radius 2 is 2.03 bits per heavy atom. The molecule has 0 radical (unpaired) electrons. The monoisotopic (exact) mass is 429 g/mol. The first-order chi connectivity index (χ1) is 14.8. The maximum Gasteiger partial charge on any atom is 0.416 e. The number of halogens is 3. The van der Waals surface area contributed by atoms with E-state index in [4.69, 9.17) is 0 Å². The highest BCUT2D eigenvalue weighted by molar-refractivity contribution is 6.03. The van der Waals surface area contributed by atoms with Crippen LogP contribution < -0.4 is 10.2 Å². The van der Waals surface area contributed by atoms with Gasteiger partial charge in [0.2, 0.25) is 11.8 Å². The Bertz CT molecular complexity index is 1100. The molecule has 0 bridgehead atoms. The van der Waals surface area contributed by atoms with Crippen LogP contribution in [-0.4, -0.2) is 33.1 Å². The van der Waals surface area contributed by atoms with Gasteiger partial charge in [-0.2, -0.15) is 18.3 Å². The Labute approximate surface area is 175 Å². The van der Waals surface area contributed by atoms with Gasteiger partial charge in [-0.25, -0.2) is 0 Å². The number of amides is 2. The standard InChI is InChI=1S/C21H18F3N5O2/c22-21(23,24)16-4-1-5-17(10-16)29-13-15(9-19(29)30)20(31)26-18-6-8-28(27-18)12-14-3-2-7-25-11-14/h1-8,10-11,15H,9,12-13H2,(H,26,27,31). The SMILES string of the molecule is O=C(Nc1ccn(Cc2cccnc2)n1)C1CC(=O)N(c2cccc(C(F)(F)F)c2)C1. The lowest BCUT2D eigenvalue weighted by molar-refractivity contribution is -0.137. The lowest BCUT2D eigenvalue weighted by Gasteiger charge is -2.18. The lowest BCUT2D eigenvalue weighted by atomic mass is 10.1. The number of pyridine rings is 1. The predicted molar refractivity (Wildman–Crippen MR) is 106 cm³/mol. The summed E-state index contributed by atoms with van der Waals surface area (Å²) in [6, 6.07) is 9.87. The van der Waals surface area contributed by atoms with Crippen molar-refractivity contribution in [2.45, 2.75) is 19.1 Å². The van der Waals surface area contributed by atoms with Gasteiger partial charge in [-0.05, 0) is 29.8 Å². The minimum Gasteiger partial charge on any atom is -0.312 e. The lowest BCUT2D eigenvalue weighted by Crippen LogP contribution is -2.28. The number of nitrogens with one attached hydrogen (secondary N) is 1. The topological polar surface area (TPSA) is 80.1 Å². The summed E-state index contributed by atoms with van der Waals surface area (Å²) in [7, 11) is 0. The number of hydrogen-bond donors (Lipinski definition) is 1. The second kappa shape index (κ2) is 8.21. The Kier molecular flexibility index (Phi) is 5.45. The third-order valence-electron chi connectivity index (χ3n) is 4.94. The van der Waals surface area contributed by atoms with Crippen LogP contribution in [0.25, 0.3) is 0 Å². The average molecular weight is 429 g/mol. The molecule has 1 fully saturated rings. The molecule has 0 saturated carbocycles. The Morgan fingerprint density at radius 3 is 2.77 bits per heavy atom. The summed E-state index contributed by atoms with van der Waals surface area (Å²) < 4.78 is 40.5. The van der Waals surface area contributed by atoms with E-state index in [-0.39, 0.29) is 18.7 Å². The first-order valence-corrected chi connectivity index (χ1v) is 9.50. The van der Waals surface area contributed by atoms with Crippen molar-refractivity contribution in [3.63, 3.8) is 0 Å². The van der Waals surface area contributed by atoms with Crippen LogP contribution >= 0.6 is 0 Å². The number of benzene rings is 1. The van der Waals surface area contributed by atoms with Crippen molar-refractivity contribution in [2.75, 3.05) is 16.8 Å². The van der Waals surface area contributed by atoms with Gasteiger partial charge in [0.25, 0.3) is 0 Å². The first-order valence-electron chi connectivity index (χ1n) is 9.50. The van der Waals surface area contributed by atoms with E-state index < -0.39 is 29.5 Å². The molecule has 3 aromatic rings. The number of hydrogen-bond acceptors (Lipinski definition) is 4. The number of carbonyl (C=O) groups is 2. The maximum atomic E-state index is 13.0. The molecule has 7 nitrogen and oxygen atoms in total. The number of nitrogens with zero attached hydrogens (tertiary/aromatic N) is 4. The minimum absolute atomic E-state index is 0.00235. The molecule has 4 rings (SSSR count). The van der Waals surface area contributed by atoms with Crippen LogP contribution in [0.15, 0.2) is 61.1 Å². The maximum absolute atomic E-state index is 13.0. The van der Waals surface area contributed by atoms with Crippen molar-refractivity contribution in [3.8, 4) is 0 Å². The van der Waals surface area contributed by atoms with Crippen LogP contribution in [0.5, 0.6) is 0 Å². The minimum atomic E-state index is -4.51. The number of carbonyl (C=O) groups excluding carboxylic acids is 2. The quantitative estimate of drug-likeness (QED) is 0.675. The summed E-state index contributed by atoms with van der Waals surface area (Å²) in [6.07, 6.45) is 0.496. The Morgan fingerprint density at radius 1 is 1.19 bits per heavy atom. The number of anilines is 2. The van der Waals surface area contributed by atoms with E-state index in [9.17, 15) is 22.8 Å². The average Bonchev–Trinajstić information content (AvgIpc) is 3.34. The van der Waals surface area contributed by atoms with Gasteiger partial charge in [-0.15, -0.1) is 0 Å². The van der Waals surface area contributed by atoms with Gasteiger partial charge in [0.05, 0.1) is 18.0 Å². The van der Waals surface area contributed by atoms with Crippen molar-refractivity contribution in [1.29, 1.82) is 0 Å². The zero-order chi connectivity index (χ0) is 22.0. The van der Waals surface area contributed by atoms with Crippen molar-refractivity contribution in [1.82, 2.24) is 14.8 Å². The second-order valence-corrected chi connectivity index (χ2v) is 7.20. The van der Waals surface area contributed by atoms with Crippen molar-refractivity contribution >= 4 is 23.3 Å². The molecule has 1 unspecified atom stereocenters. The molecule has 10 heteroatoms. The molecule has 1 N–H and O–H groups in total. The molecule has 1 atom stereocenters. The summed E-state index contributed by atoms with van der Waals surface area (Å²) in [5.74, 6) is -1.17. The molecule has 2 aromatic heterocycles. The molecule has 31 heavy (non-hydrogen) atoms. The van der Waals surface area contributed by atoms with Crippen molar-refractivity contribution in [2.24, 2.45) is 5.92 Å². The van der Waals surface area contributed by atoms with Gasteiger partial charge in [-0.1, -0.05) is 12.1 Å². The van der Waals surface area contributed by atoms with E-state index in [1.807, 2.05) is 12.1 Å². The Hall–Kier alpha value is -3.69. The van der Waals surface area contributed by atoms with Crippen LogP contribution in [-0.2, 0) is 22.3 Å². The van der Waals surface area contributed by atoms with Crippen LogP contribution in [0.4, 0.5) is 24.7 Å². The van der Waals surface area contributed by atoms with Gasteiger partial charge >= 0.3 is 6.18 Å². The van der Waals surface area contributed by atoms with Crippen molar-refractivity contribution < 1.29 is 22.8 Å². The molecule has 160 valence electrons. The van der Waals surface area contributed by atoms with E-state index in [2.05, 4.69) is 15.4 Å². The van der Waals surface area contributed by atoms with Gasteiger partial charge in [-0.3, -0.25) is 19.3 Å². The fourth-order valence-electron chi connectivity index (χ4n) is 3.41. The third-order valence-corrected chi connectivity index (χ3v) is 4.94. The van der Waals surface area contributed by atoms with Gasteiger partial charge in [0, 0.05) is 43.3 Å². The van der Waals surface area contributed by atoms with Crippen molar-refractivity contribution in [3.05, 3.63) is 72.2 Å². The molecule has 1 aromatic carbocycles. The summed E-state index contributed by atoms with van der Waals surface area (Å²) >= 11 is 0. The number of alkyl halides is 3. The molecule has 0 aliphatic carbocycles. The molecule has 1 saturated heterocycles. The molecule has 1 aliphatic heterocycles. The van der Waals surface area contributed by atoms with E-state index >= 15 is 0 Å². The highest BCUT2D eigenvalue weighted by Crippen LogP contribution is 2.33. The van der Waals surface area contributed by atoms with Gasteiger partial charge < -0.3 is 10.2 Å². The molecular formula is C21H18F3N5O2. The summed E-state index contributed by atoms with van der Waals surface area (Å²) in [6.45, 7) is 0.483. The molecule has 3 heterocycles. The first kappa shape index (κ1) is 20.6. The van der Waals surface area contributed by atoms with Crippen LogP contribution in [0, 0.1) is 5.92 Å². The highest BCUT2D eigenvalue weighted by atomic mass is 19.4. The van der Waals surface area contributed by atoms with Crippen LogP contribution in [0.1, 0.15) is 17.5 Å². The highest BCUT2D eigenvalue weighted by Gasteiger charge is 2.37. The normalized spacial score (nSPS) is 16.5. The van der Waals surface area contributed by atoms with E-state index in [1.165, 1.54) is 17.0 Å². The molecular weight excluding hydrogens is 411 g/mol. The van der Waals surface area contributed by atoms with Crippen LogP contribution in [0.2, 0.25) is 0 Å². The van der Waals surface area contributed by atoms with Crippen LogP contribution in [0.3, 0.4) is 0 Å². The third kappa shape index (κ3) is 4.73. The molecule has 1 aliphatic rings. The van der Waals surface area contributed by atoms with E-state index in [0.717, 1.165) is 17.7 Å². The van der Waals surface area contributed by atoms with Gasteiger partial charge in [0.1, 0.15) is 0 Å². The van der Waals surface area contributed by atoms with E-state index in [0.29, 0.717) is 12.4 Å². The summed E-state index contributed by atoms with van der Waals surface area (Å²) in [5.41, 5.74) is 0.224. The molecule has 2 amide bonds. The second-order valence-electron chi connectivity index (χ2n) is 7.20. The predicted octanol–water partition coefficient (Wildman–Crippen LogP) is 3.34. The Balaban J connectivity index is 1.40. The zero-order valence-corrected chi connectivity index (χ0v) is 16.2. The van der Waals surface area contributed by atoms with Gasteiger partial charge in [0.15, 0.2) is 5.82 Å². The van der Waals surface area contributed by atoms with E-state index in [1.54, 1.807) is 29.3 Å². The fourth-order valence-corrected chi connectivity index (χ4v) is 3.41. The molecule has 0 spiro atoms. The fraction of sp³-hybridized carbons (Fsp3) is 0.238. The largest absolute Gasteiger partial charge is 0.416 e. The zero-order valence-electron chi connectivity index (χ0n) is 16.2. The summed E-state index contributed by atoms with van der Waals surface area (Å²) in [5, 5.41) is 6.96. The number of rotatable bonds is 5. The summed E-state index contributed by atoms with van der Waals surface area (Å²) in [4.78, 5) is 30.2. The smallest absolute Gasteiger partial charge is 0.312 e.